The van der Waals surface area contributed by atoms with E-state index in [0.717, 1.165) is 5.56 Å². The van der Waals surface area contributed by atoms with Gasteiger partial charge in [-0.15, -0.1) is 3.89 Å². The highest BCUT2D eigenvalue weighted by molar-refractivity contribution is 7.86. The number of nitrogen functional groups attached to an aromatic ring is 1. The number of piperazine rings is 1. The molecule has 1 heterocycles. The predicted molar refractivity (Wildman–Crippen MR) is 141 cm³/mol. The molecular formula is C28H30FN3O4S. The molecule has 0 spiro atoms. The van der Waals surface area contributed by atoms with Crippen LogP contribution >= 0.6 is 0 Å². The fourth-order valence-electron chi connectivity index (χ4n) is 5.39. The van der Waals surface area contributed by atoms with Gasteiger partial charge in [0.15, 0.2) is 0 Å². The molecule has 0 unspecified atom stereocenters. The van der Waals surface area contributed by atoms with E-state index in [1.807, 2.05) is 24.3 Å². The first kappa shape index (κ1) is 25.2. The Bertz CT molecular complexity index is 1420. The zero-order chi connectivity index (χ0) is 26.3. The Kier molecular flexibility index (Phi) is 6.68. The molecule has 1 aliphatic carbocycles. The van der Waals surface area contributed by atoms with Crippen LogP contribution in [0, 0.1) is 13.8 Å². The maximum absolute atomic E-state index is 13.8. The molecule has 1 aliphatic heterocycles. The number of hydrogen-bond donors (Lipinski definition) is 1. The molecule has 1 saturated heterocycles. The van der Waals surface area contributed by atoms with Crippen LogP contribution in [-0.2, 0) is 21.5 Å². The van der Waals surface area contributed by atoms with Crippen LogP contribution < -0.4 is 5.73 Å². The van der Waals surface area contributed by atoms with Crippen molar-refractivity contribution in [3.8, 4) is 11.1 Å². The summed E-state index contributed by atoms with van der Waals surface area (Å²) in [5, 5.41) is 0. The minimum atomic E-state index is -4.87. The van der Waals surface area contributed by atoms with Gasteiger partial charge in [-0.05, 0) is 58.9 Å². The maximum Gasteiger partial charge on any atom is 0.409 e. The van der Waals surface area contributed by atoms with Gasteiger partial charge in [-0.25, -0.2) is 4.79 Å². The summed E-state index contributed by atoms with van der Waals surface area (Å²) < 4.78 is 42.7. The van der Waals surface area contributed by atoms with Crippen molar-refractivity contribution in [3.63, 3.8) is 0 Å². The van der Waals surface area contributed by atoms with Gasteiger partial charge in [0.25, 0.3) is 0 Å². The fourth-order valence-corrected chi connectivity index (χ4v) is 6.15. The third-order valence-corrected chi connectivity index (χ3v) is 8.54. The number of carbonyl (C=O) groups is 1. The summed E-state index contributed by atoms with van der Waals surface area (Å²) in [5.41, 5.74) is 12.7. The molecule has 37 heavy (non-hydrogen) atoms. The van der Waals surface area contributed by atoms with E-state index in [4.69, 9.17) is 10.5 Å². The van der Waals surface area contributed by atoms with Gasteiger partial charge in [-0.3, -0.25) is 4.90 Å². The van der Waals surface area contributed by atoms with E-state index in [1.54, 1.807) is 11.8 Å². The minimum absolute atomic E-state index is 0.00795. The molecule has 0 bridgehead atoms. The lowest BCUT2D eigenvalue weighted by Gasteiger charge is -2.34. The summed E-state index contributed by atoms with van der Waals surface area (Å²) in [5.74, 6) is 0.00795. The van der Waals surface area contributed by atoms with Gasteiger partial charge >= 0.3 is 16.3 Å². The number of halogens is 1. The standard InChI is InChI=1S/C28H30FN3O4S/c1-18-20(15-26(37(29,34)35)19(2)27(18)30)16-31-11-13-32(14-12-31)28(33)36-17-25-23-9-5-3-7-21(23)22-8-4-6-10-24(22)25/h3-10,15,25H,11-14,16-17,30H2,1-2H3. The Balaban J connectivity index is 1.21. The lowest BCUT2D eigenvalue weighted by molar-refractivity contribution is 0.0728. The molecule has 7 nitrogen and oxygen atoms in total. The van der Waals surface area contributed by atoms with E-state index in [9.17, 15) is 17.1 Å². The molecule has 1 amide bonds. The molecule has 0 radical (unpaired) electrons. The third kappa shape index (κ3) is 4.81. The zero-order valence-electron chi connectivity index (χ0n) is 20.9. The average Bonchev–Trinajstić information content (AvgIpc) is 3.21. The van der Waals surface area contributed by atoms with Crippen molar-refractivity contribution in [2.24, 2.45) is 0 Å². The van der Waals surface area contributed by atoms with Crippen molar-refractivity contribution in [2.75, 3.05) is 38.5 Å². The molecule has 5 rings (SSSR count). The summed E-state index contributed by atoms with van der Waals surface area (Å²) in [6, 6.07) is 17.8. The first-order valence-electron chi connectivity index (χ1n) is 12.3. The van der Waals surface area contributed by atoms with Gasteiger partial charge in [-0.2, -0.15) is 8.42 Å². The van der Waals surface area contributed by atoms with Crippen molar-refractivity contribution in [1.29, 1.82) is 0 Å². The van der Waals surface area contributed by atoms with Crippen LogP contribution in [0.1, 0.15) is 33.7 Å². The van der Waals surface area contributed by atoms with Crippen LogP contribution in [0.15, 0.2) is 59.5 Å². The Morgan fingerprint density at radius 3 is 2.11 bits per heavy atom. The summed E-state index contributed by atoms with van der Waals surface area (Å²) in [6.45, 7) is 6.11. The number of nitrogens with zero attached hydrogens (tertiary/aromatic N) is 2. The smallest absolute Gasteiger partial charge is 0.409 e. The summed E-state index contributed by atoms with van der Waals surface area (Å²) >= 11 is 0. The van der Waals surface area contributed by atoms with Crippen molar-refractivity contribution < 1.29 is 21.8 Å². The average molecular weight is 524 g/mol. The van der Waals surface area contributed by atoms with Gasteiger partial charge < -0.3 is 15.4 Å². The minimum Gasteiger partial charge on any atom is -0.448 e. The number of nitrogens with two attached hydrogens (primary N) is 1. The number of hydrogen-bond acceptors (Lipinski definition) is 6. The Morgan fingerprint density at radius 2 is 1.54 bits per heavy atom. The largest absolute Gasteiger partial charge is 0.448 e. The highest BCUT2D eigenvalue weighted by Gasteiger charge is 2.30. The lowest BCUT2D eigenvalue weighted by Crippen LogP contribution is -2.48. The van der Waals surface area contributed by atoms with E-state index in [2.05, 4.69) is 29.2 Å². The monoisotopic (exact) mass is 523 g/mol. The maximum atomic E-state index is 13.8. The topological polar surface area (TPSA) is 92.9 Å². The van der Waals surface area contributed by atoms with Gasteiger partial charge in [0, 0.05) is 44.3 Å². The molecular weight excluding hydrogens is 493 g/mol. The fraction of sp³-hybridized carbons (Fsp3) is 0.321. The van der Waals surface area contributed by atoms with E-state index in [1.165, 1.54) is 35.2 Å². The van der Waals surface area contributed by atoms with Crippen molar-refractivity contribution in [1.82, 2.24) is 9.80 Å². The van der Waals surface area contributed by atoms with Gasteiger partial charge in [0.1, 0.15) is 11.5 Å². The van der Waals surface area contributed by atoms with E-state index >= 15 is 0 Å². The van der Waals surface area contributed by atoms with E-state index < -0.39 is 10.2 Å². The molecule has 9 heteroatoms. The molecule has 3 aromatic carbocycles. The molecule has 194 valence electrons. The van der Waals surface area contributed by atoms with E-state index in [0.29, 0.717) is 38.3 Å². The van der Waals surface area contributed by atoms with Crippen LogP contribution in [0.3, 0.4) is 0 Å². The van der Waals surface area contributed by atoms with E-state index in [-0.39, 0.29) is 34.8 Å². The Labute approximate surface area is 216 Å². The quantitative estimate of drug-likeness (QED) is 0.388. The summed E-state index contributed by atoms with van der Waals surface area (Å²) in [4.78, 5) is 16.3. The SMILES string of the molecule is Cc1c(CN2CCN(C(=O)OCC3c4ccccc4-c4ccccc43)CC2)cc(S(=O)(=O)F)c(C)c1N. The second-order valence-electron chi connectivity index (χ2n) is 9.70. The molecule has 3 aromatic rings. The van der Waals surface area contributed by atoms with Crippen molar-refractivity contribution >= 4 is 22.0 Å². The van der Waals surface area contributed by atoms with Gasteiger partial charge in [-0.1, -0.05) is 48.5 Å². The highest BCUT2D eigenvalue weighted by Crippen LogP contribution is 2.44. The van der Waals surface area contributed by atoms with Crippen LogP contribution in [0.25, 0.3) is 11.1 Å². The molecule has 1 fully saturated rings. The van der Waals surface area contributed by atoms with Gasteiger partial charge in [0.2, 0.25) is 0 Å². The molecule has 0 aromatic heterocycles. The second kappa shape index (κ2) is 9.79. The first-order chi connectivity index (χ1) is 17.6. The Morgan fingerprint density at radius 1 is 0.973 bits per heavy atom. The molecule has 0 atom stereocenters. The second-order valence-corrected chi connectivity index (χ2v) is 11.0. The van der Waals surface area contributed by atoms with Gasteiger partial charge in [0.05, 0.1) is 0 Å². The highest BCUT2D eigenvalue weighted by atomic mass is 32.3. The molecule has 2 aliphatic rings. The molecule has 0 saturated carbocycles. The van der Waals surface area contributed by atoms with Crippen LogP contribution in [0.2, 0.25) is 0 Å². The van der Waals surface area contributed by atoms with Crippen LogP contribution in [0.5, 0.6) is 0 Å². The van der Waals surface area contributed by atoms with Crippen LogP contribution in [0.4, 0.5) is 14.4 Å². The molecule has 2 N–H and O–H groups in total. The number of rotatable bonds is 5. The summed E-state index contributed by atoms with van der Waals surface area (Å²) in [6.07, 6.45) is -0.344. The number of amides is 1. The van der Waals surface area contributed by atoms with Crippen molar-refractivity contribution in [3.05, 3.63) is 82.4 Å². The van der Waals surface area contributed by atoms with Crippen LogP contribution in [-0.4, -0.2) is 57.1 Å². The number of anilines is 1. The normalized spacial score (nSPS) is 15.9. The van der Waals surface area contributed by atoms with Crippen molar-refractivity contribution in [2.45, 2.75) is 31.2 Å². The first-order valence-corrected chi connectivity index (χ1v) is 13.7. The lowest BCUT2D eigenvalue weighted by atomic mass is 9.98. The zero-order valence-corrected chi connectivity index (χ0v) is 21.7. The third-order valence-electron chi connectivity index (χ3n) is 7.59. The number of ether oxygens (including phenoxy) is 1. The Hall–Kier alpha value is -3.43. The number of benzene rings is 3. The predicted octanol–water partition coefficient (Wildman–Crippen LogP) is 4.61. The number of carbonyl (C=O) groups excluding carboxylic acids is 1. The number of fused-ring (bicyclic) bond motifs is 3. The summed E-state index contributed by atoms with van der Waals surface area (Å²) in [7, 11) is -4.87.